The van der Waals surface area contributed by atoms with Gasteiger partial charge in [-0.25, -0.2) is 4.79 Å². The molecule has 9 heteroatoms. The lowest BCUT2D eigenvalue weighted by Crippen LogP contribution is -2.22. The number of nitrogens with one attached hydrogen (secondary N) is 3. The Bertz CT molecular complexity index is 673. The van der Waals surface area contributed by atoms with Gasteiger partial charge in [0, 0.05) is 5.69 Å². The Kier molecular flexibility index (Phi) is 4.43. The largest absolute Gasteiger partial charge is 0.389 e. The van der Waals surface area contributed by atoms with Crippen LogP contribution in [-0.2, 0) is 0 Å². The highest BCUT2D eigenvalue weighted by molar-refractivity contribution is 7.80. The summed E-state index contributed by atoms with van der Waals surface area (Å²) >= 11 is 16.5. The van der Waals surface area contributed by atoms with Crippen LogP contribution in [0.1, 0.15) is 5.56 Å². The second-order valence-electron chi connectivity index (χ2n) is 3.73. The summed E-state index contributed by atoms with van der Waals surface area (Å²) in [5.41, 5.74) is 6.43. The zero-order valence-corrected chi connectivity index (χ0v) is 12.2. The fourth-order valence-corrected chi connectivity index (χ4v) is 1.87. The van der Waals surface area contributed by atoms with Crippen LogP contribution in [0.5, 0.6) is 0 Å². The molecule has 0 aliphatic carbocycles. The number of nitrogens with zero attached hydrogens (tertiary/aromatic N) is 1. The van der Waals surface area contributed by atoms with Gasteiger partial charge in [-0.05, 0) is 18.2 Å². The lowest BCUT2D eigenvalue weighted by atomic mass is 10.3. The lowest BCUT2D eigenvalue weighted by Gasteiger charge is -2.08. The summed E-state index contributed by atoms with van der Waals surface area (Å²) < 4.78 is 0. The van der Waals surface area contributed by atoms with Gasteiger partial charge in [0.2, 0.25) is 0 Å². The summed E-state index contributed by atoms with van der Waals surface area (Å²) in [6, 6.07) is 4.24. The van der Waals surface area contributed by atoms with Crippen LogP contribution in [0.4, 0.5) is 16.3 Å². The van der Waals surface area contributed by atoms with Crippen LogP contribution in [0, 0.1) is 0 Å². The van der Waals surface area contributed by atoms with Gasteiger partial charge in [-0.1, -0.05) is 35.4 Å². The molecule has 0 radical (unpaired) electrons. The van der Waals surface area contributed by atoms with Crippen LogP contribution >= 0.6 is 35.4 Å². The summed E-state index contributed by atoms with van der Waals surface area (Å²) in [6.07, 6.45) is 1.43. The average Bonchev–Trinajstić information content (AvgIpc) is 2.82. The number of nitrogens with two attached hydrogens (primary N) is 1. The van der Waals surface area contributed by atoms with Crippen molar-refractivity contribution >= 4 is 57.9 Å². The van der Waals surface area contributed by atoms with E-state index in [2.05, 4.69) is 20.8 Å². The number of carbonyl (C=O) groups excluding carboxylic acids is 1. The van der Waals surface area contributed by atoms with E-state index in [1.54, 1.807) is 12.1 Å². The van der Waals surface area contributed by atoms with E-state index in [1.807, 2.05) is 0 Å². The number of aromatic nitrogens is 2. The number of benzene rings is 1. The van der Waals surface area contributed by atoms with E-state index in [4.69, 9.17) is 41.2 Å². The monoisotopic (exact) mass is 329 g/mol. The van der Waals surface area contributed by atoms with E-state index in [1.165, 1.54) is 12.3 Å². The van der Waals surface area contributed by atoms with Gasteiger partial charge < -0.3 is 11.1 Å². The van der Waals surface area contributed by atoms with Gasteiger partial charge in [-0.3, -0.25) is 10.4 Å². The molecule has 1 aromatic heterocycles. The van der Waals surface area contributed by atoms with Crippen LogP contribution in [0.2, 0.25) is 10.0 Å². The normalized spacial score (nSPS) is 10.1. The molecule has 1 heterocycles. The molecular weight excluding hydrogens is 321 g/mol. The number of amides is 2. The Labute approximate surface area is 129 Å². The number of rotatable bonds is 3. The zero-order valence-electron chi connectivity index (χ0n) is 9.91. The number of urea groups is 1. The molecule has 5 N–H and O–H groups in total. The lowest BCUT2D eigenvalue weighted by molar-refractivity contribution is 0.262. The second-order valence-corrected chi connectivity index (χ2v) is 4.99. The molecule has 0 aliphatic rings. The van der Waals surface area contributed by atoms with E-state index >= 15 is 0 Å². The third-order valence-electron chi connectivity index (χ3n) is 2.32. The van der Waals surface area contributed by atoms with Gasteiger partial charge in [0.1, 0.15) is 10.8 Å². The van der Waals surface area contributed by atoms with Crippen molar-refractivity contribution in [3.05, 3.63) is 40.0 Å². The van der Waals surface area contributed by atoms with E-state index in [0.717, 1.165) is 0 Å². The Morgan fingerprint density at radius 1 is 1.30 bits per heavy atom. The molecule has 0 atom stereocenters. The summed E-state index contributed by atoms with van der Waals surface area (Å²) in [7, 11) is 0. The minimum atomic E-state index is -0.495. The van der Waals surface area contributed by atoms with Crippen molar-refractivity contribution in [2.24, 2.45) is 5.73 Å². The van der Waals surface area contributed by atoms with E-state index in [-0.39, 0.29) is 4.99 Å². The Balaban J connectivity index is 2.07. The second kappa shape index (κ2) is 6.08. The summed E-state index contributed by atoms with van der Waals surface area (Å²) in [5.74, 6) is 0.315. The number of carbonyl (C=O) groups is 1. The van der Waals surface area contributed by atoms with Crippen LogP contribution in [0.3, 0.4) is 0 Å². The van der Waals surface area contributed by atoms with E-state index < -0.39 is 6.03 Å². The van der Waals surface area contributed by atoms with E-state index in [0.29, 0.717) is 27.1 Å². The molecule has 2 amide bonds. The molecule has 6 nitrogen and oxygen atoms in total. The first-order chi connectivity index (χ1) is 9.47. The van der Waals surface area contributed by atoms with Crippen LogP contribution < -0.4 is 16.4 Å². The third-order valence-corrected chi connectivity index (χ3v) is 3.28. The highest BCUT2D eigenvalue weighted by Gasteiger charge is 2.11. The molecule has 1 aromatic carbocycles. The minimum absolute atomic E-state index is 0.128. The Morgan fingerprint density at radius 2 is 2.05 bits per heavy atom. The summed E-state index contributed by atoms with van der Waals surface area (Å²) in [6.45, 7) is 0. The first-order valence-corrected chi connectivity index (χ1v) is 6.50. The average molecular weight is 330 g/mol. The molecule has 0 aliphatic heterocycles. The van der Waals surface area contributed by atoms with Crippen molar-refractivity contribution in [3.8, 4) is 0 Å². The quantitative estimate of drug-likeness (QED) is 0.651. The summed E-state index contributed by atoms with van der Waals surface area (Å²) in [5, 5.41) is 12.2. The molecule has 0 saturated carbocycles. The van der Waals surface area contributed by atoms with Gasteiger partial charge >= 0.3 is 6.03 Å². The zero-order chi connectivity index (χ0) is 14.7. The maximum Gasteiger partial charge on any atom is 0.324 e. The maximum atomic E-state index is 11.8. The number of hydrogen-bond acceptors (Lipinski definition) is 3. The Hall–Kier alpha value is -1.83. The molecule has 0 saturated heterocycles. The molecule has 0 unspecified atom stereocenters. The maximum absolute atomic E-state index is 11.8. The molecule has 2 rings (SSSR count). The molecule has 0 bridgehead atoms. The number of hydrogen-bond donors (Lipinski definition) is 4. The number of halogens is 2. The first kappa shape index (κ1) is 14.6. The highest BCUT2D eigenvalue weighted by atomic mass is 35.5. The fraction of sp³-hybridized carbons (Fsp3) is 0. The van der Waals surface area contributed by atoms with Crippen molar-refractivity contribution in [1.29, 1.82) is 0 Å². The summed E-state index contributed by atoms with van der Waals surface area (Å²) in [4.78, 5) is 11.9. The number of anilines is 2. The van der Waals surface area contributed by atoms with Crippen molar-refractivity contribution < 1.29 is 4.79 Å². The SMILES string of the molecule is NC(=S)c1cn[nH]c1NC(=O)Nc1ccc(Cl)c(Cl)c1. The van der Waals surface area contributed by atoms with Crippen molar-refractivity contribution in [2.75, 3.05) is 10.6 Å². The van der Waals surface area contributed by atoms with Crippen molar-refractivity contribution in [3.63, 3.8) is 0 Å². The van der Waals surface area contributed by atoms with Crippen molar-refractivity contribution in [1.82, 2.24) is 10.2 Å². The topological polar surface area (TPSA) is 95.8 Å². The number of aromatic amines is 1. The van der Waals surface area contributed by atoms with Crippen molar-refractivity contribution in [2.45, 2.75) is 0 Å². The van der Waals surface area contributed by atoms with Gasteiger partial charge in [0.15, 0.2) is 0 Å². The molecule has 0 spiro atoms. The molecule has 20 heavy (non-hydrogen) atoms. The van der Waals surface area contributed by atoms with Gasteiger partial charge in [0.05, 0.1) is 21.8 Å². The van der Waals surface area contributed by atoms with Gasteiger partial charge in [-0.15, -0.1) is 0 Å². The van der Waals surface area contributed by atoms with E-state index in [9.17, 15) is 4.79 Å². The van der Waals surface area contributed by atoms with Crippen LogP contribution in [0.15, 0.2) is 24.4 Å². The van der Waals surface area contributed by atoms with Gasteiger partial charge in [0.25, 0.3) is 0 Å². The standard InChI is InChI=1S/C11H9Cl2N5OS/c12-7-2-1-5(3-8(7)13)16-11(19)17-10-6(9(14)20)4-15-18-10/h1-4H,(H2,14,20)(H3,15,16,17,18,19). The molecule has 104 valence electrons. The van der Waals surface area contributed by atoms with Crippen LogP contribution in [-0.4, -0.2) is 21.2 Å². The minimum Gasteiger partial charge on any atom is -0.389 e. The number of thiocarbonyl (C=S) groups is 1. The van der Waals surface area contributed by atoms with Crippen LogP contribution in [0.25, 0.3) is 0 Å². The first-order valence-electron chi connectivity index (χ1n) is 5.33. The van der Waals surface area contributed by atoms with Gasteiger partial charge in [-0.2, -0.15) is 5.10 Å². The fourth-order valence-electron chi connectivity index (χ4n) is 1.42. The molecule has 2 aromatic rings. The molecule has 0 fully saturated rings. The third kappa shape index (κ3) is 3.38. The Morgan fingerprint density at radius 3 is 2.70 bits per heavy atom. The molecular formula is C11H9Cl2N5OS. The predicted octanol–water partition coefficient (Wildman–Crippen LogP) is 2.99. The smallest absolute Gasteiger partial charge is 0.324 e. The highest BCUT2D eigenvalue weighted by Crippen LogP contribution is 2.25. The number of H-pyrrole nitrogens is 1. The predicted molar refractivity (Wildman–Crippen MR) is 83.6 cm³/mol.